The summed E-state index contributed by atoms with van der Waals surface area (Å²) >= 11 is 1.77. The van der Waals surface area contributed by atoms with E-state index in [2.05, 4.69) is 26.8 Å². The van der Waals surface area contributed by atoms with Crippen LogP contribution in [0.4, 0.5) is 0 Å². The van der Waals surface area contributed by atoms with Gasteiger partial charge in [0.1, 0.15) is 6.54 Å². The van der Waals surface area contributed by atoms with Crippen molar-refractivity contribution in [1.29, 1.82) is 0 Å². The van der Waals surface area contributed by atoms with Crippen molar-refractivity contribution in [3.8, 4) is 0 Å². The van der Waals surface area contributed by atoms with Gasteiger partial charge >= 0.3 is 0 Å². The third kappa shape index (κ3) is 5.03. The summed E-state index contributed by atoms with van der Waals surface area (Å²) in [5.41, 5.74) is 0.0167. The van der Waals surface area contributed by atoms with Gasteiger partial charge in [-0.15, -0.1) is 0 Å². The van der Waals surface area contributed by atoms with E-state index in [0.29, 0.717) is 6.42 Å². The number of nitrogens with one attached hydrogen (secondary N) is 2. The molecule has 0 radical (unpaired) electrons. The van der Waals surface area contributed by atoms with Crippen molar-refractivity contribution in [3.63, 3.8) is 0 Å². The molecule has 0 bridgehead atoms. The second kappa shape index (κ2) is 8.60. The van der Waals surface area contributed by atoms with E-state index in [1.54, 1.807) is 30.8 Å². The van der Waals surface area contributed by atoms with Crippen LogP contribution in [0.15, 0.2) is 4.99 Å². The Hall–Kier alpha value is -1.44. The Kier molecular flexibility index (Phi) is 6.77. The molecule has 2 heterocycles. The fourth-order valence-corrected chi connectivity index (χ4v) is 3.55. The number of nitrogens with zero attached hydrogens (tertiary/aromatic N) is 3. The molecule has 2 fully saturated rings. The predicted molar refractivity (Wildman–Crippen MR) is 98.2 cm³/mol. The van der Waals surface area contributed by atoms with E-state index >= 15 is 0 Å². The fraction of sp³-hybridized carbons (Fsp3) is 0.812. The van der Waals surface area contributed by atoms with E-state index in [-0.39, 0.29) is 23.8 Å². The highest BCUT2D eigenvalue weighted by molar-refractivity contribution is 7.98. The van der Waals surface area contributed by atoms with Gasteiger partial charge in [0.15, 0.2) is 5.96 Å². The highest BCUT2D eigenvalue weighted by atomic mass is 32.2. The molecule has 136 valence electrons. The zero-order valence-electron chi connectivity index (χ0n) is 14.9. The smallest absolute Gasteiger partial charge is 0.243 e. The van der Waals surface area contributed by atoms with Crippen LogP contribution in [-0.2, 0) is 9.59 Å². The van der Waals surface area contributed by atoms with Gasteiger partial charge in [0.05, 0.1) is 0 Å². The van der Waals surface area contributed by atoms with Gasteiger partial charge in [0.25, 0.3) is 0 Å². The van der Waals surface area contributed by atoms with Gasteiger partial charge in [-0.05, 0) is 19.1 Å². The number of amides is 2. The number of likely N-dealkylation sites (N-methyl/N-ethyl adjacent to an activating group) is 1. The van der Waals surface area contributed by atoms with Crippen molar-refractivity contribution < 1.29 is 9.59 Å². The van der Waals surface area contributed by atoms with Crippen molar-refractivity contribution in [2.75, 3.05) is 58.8 Å². The molecule has 2 aliphatic rings. The molecule has 0 aromatic carbocycles. The molecule has 1 unspecified atom stereocenters. The first-order valence-electron chi connectivity index (χ1n) is 8.45. The van der Waals surface area contributed by atoms with Crippen molar-refractivity contribution in [1.82, 2.24) is 20.4 Å². The first kappa shape index (κ1) is 18.9. The first-order chi connectivity index (χ1) is 11.5. The Labute approximate surface area is 148 Å². The Bertz CT molecular complexity index is 497. The minimum absolute atomic E-state index is 0.0106. The summed E-state index contributed by atoms with van der Waals surface area (Å²) in [6, 6.07) is 0. The van der Waals surface area contributed by atoms with Gasteiger partial charge in [0, 0.05) is 57.9 Å². The molecule has 1 atom stereocenters. The summed E-state index contributed by atoms with van der Waals surface area (Å²) in [5, 5.41) is 6.35. The number of carbonyl (C=O) groups is 2. The first-order valence-corrected chi connectivity index (χ1v) is 9.84. The minimum Gasteiger partial charge on any atom is -0.355 e. The lowest BCUT2D eigenvalue weighted by Crippen LogP contribution is -2.52. The SMILES string of the molecule is CSCCNC(=NCC(=O)N(C)C)N1CCCC2(CNC(=O)C2)C1. The van der Waals surface area contributed by atoms with Gasteiger partial charge in [-0.3, -0.25) is 9.59 Å². The van der Waals surface area contributed by atoms with Crippen LogP contribution in [0.25, 0.3) is 0 Å². The Morgan fingerprint density at radius 3 is 2.92 bits per heavy atom. The summed E-state index contributed by atoms with van der Waals surface area (Å²) in [7, 11) is 3.48. The molecule has 2 rings (SSSR count). The van der Waals surface area contributed by atoms with Crippen LogP contribution in [0.1, 0.15) is 19.3 Å². The zero-order valence-corrected chi connectivity index (χ0v) is 15.7. The second-order valence-electron chi connectivity index (χ2n) is 6.83. The molecule has 24 heavy (non-hydrogen) atoms. The zero-order chi connectivity index (χ0) is 17.6. The summed E-state index contributed by atoms with van der Waals surface area (Å²) in [6.07, 6.45) is 4.77. The molecule has 0 saturated carbocycles. The summed E-state index contributed by atoms with van der Waals surface area (Å²) in [6.45, 7) is 3.44. The molecule has 8 heteroatoms. The van der Waals surface area contributed by atoms with Gasteiger partial charge in [-0.25, -0.2) is 4.99 Å². The van der Waals surface area contributed by atoms with Gasteiger partial charge < -0.3 is 20.4 Å². The van der Waals surface area contributed by atoms with Gasteiger partial charge in [-0.2, -0.15) is 11.8 Å². The predicted octanol–water partition coefficient (Wildman–Crippen LogP) is -0.0147. The second-order valence-corrected chi connectivity index (χ2v) is 7.81. The number of thioether (sulfide) groups is 1. The lowest BCUT2D eigenvalue weighted by molar-refractivity contribution is -0.127. The van der Waals surface area contributed by atoms with Crippen LogP contribution in [0.2, 0.25) is 0 Å². The third-order valence-corrected chi connectivity index (χ3v) is 5.22. The number of rotatable bonds is 5. The highest BCUT2D eigenvalue weighted by Gasteiger charge is 2.42. The maximum Gasteiger partial charge on any atom is 0.243 e. The highest BCUT2D eigenvalue weighted by Crippen LogP contribution is 2.35. The maximum atomic E-state index is 11.9. The van der Waals surface area contributed by atoms with E-state index in [0.717, 1.165) is 50.7 Å². The average Bonchev–Trinajstić information content (AvgIpc) is 2.90. The Morgan fingerprint density at radius 2 is 2.29 bits per heavy atom. The Balaban J connectivity index is 2.05. The monoisotopic (exact) mass is 355 g/mol. The molecule has 2 N–H and O–H groups in total. The third-order valence-electron chi connectivity index (χ3n) is 4.61. The van der Waals surface area contributed by atoms with Crippen molar-refractivity contribution in [3.05, 3.63) is 0 Å². The van der Waals surface area contributed by atoms with E-state index in [4.69, 9.17) is 0 Å². The molecule has 2 amide bonds. The summed E-state index contributed by atoms with van der Waals surface area (Å²) < 4.78 is 0. The molecule has 0 aliphatic carbocycles. The van der Waals surface area contributed by atoms with Crippen molar-refractivity contribution >= 4 is 29.5 Å². The van der Waals surface area contributed by atoms with Crippen LogP contribution < -0.4 is 10.6 Å². The minimum atomic E-state index is -0.0106. The van der Waals surface area contributed by atoms with Gasteiger partial charge in [-0.1, -0.05) is 0 Å². The molecular weight excluding hydrogens is 326 g/mol. The molecule has 2 aliphatic heterocycles. The van der Waals surface area contributed by atoms with Crippen LogP contribution >= 0.6 is 11.8 Å². The van der Waals surface area contributed by atoms with E-state index in [1.165, 1.54) is 0 Å². The quantitative estimate of drug-likeness (QED) is 0.412. The van der Waals surface area contributed by atoms with Gasteiger partial charge in [0.2, 0.25) is 11.8 Å². The number of guanidine groups is 1. The van der Waals surface area contributed by atoms with E-state index < -0.39 is 0 Å². The maximum absolute atomic E-state index is 11.9. The number of hydrogen-bond donors (Lipinski definition) is 2. The number of likely N-dealkylation sites (tertiary alicyclic amines) is 1. The molecular formula is C16H29N5O2S. The molecule has 1 spiro atoms. The lowest BCUT2D eigenvalue weighted by atomic mass is 9.79. The van der Waals surface area contributed by atoms with Crippen LogP contribution in [-0.4, -0.2) is 86.4 Å². The number of carbonyl (C=O) groups excluding carboxylic acids is 2. The number of aliphatic imine (C=N–C) groups is 1. The molecule has 0 aromatic rings. The molecule has 7 nitrogen and oxygen atoms in total. The van der Waals surface area contributed by atoms with Crippen molar-refractivity contribution in [2.45, 2.75) is 19.3 Å². The molecule has 2 saturated heterocycles. The standard InChI is InChI=1S/C16H29N5O2S/c1-20(2)14(23)10-18-15(17-6-8-24-3)21-7-4-5-16(12-21)9-13(22)19-11-16/h4-12H2,1-3H3,(H,17,18)(H,19,22). The molecule has 0 aromatic heterocycles. The van der Waals surface area contributed by atoms with Crippen LogP contribution in [0.3, 0.4) is 0 Å². The van der Waals surface area contributed by atoms with E-state index in [9.17, 15) is 9.59 Å². The fourth-order valence-electron chi connectivity index (χ4n) is 3.25. The average molecular weight is 356 g/mol. The largest absolute Gasteiger partial charge is 0.355 e. The van der Waals surface area contributed by atoms with Crippen molar-refractivity contribution in [2.24, 2.45) is 10.4 Å². The van der Waals surface area contributed by atoms with E-state index in [1.807, 2.05) is 0 Å². The Morgan fingerprint density at radius 1 is 1.50 bits per heavy atom. The normalized spacial score (nSPS) is 24.2. The topological polar surface area (TPSA) is 77.0 Å². The number of hydrogen-bond acceptors (Lipinski definition) is 4. The van der Waals surface area contributed by atoms with Crippen LogP contribution in [0, 0.1) is 5.41 Å². The summed E-state index contributed by atoms with van der Waals surface area (Å²) in [4.78, 5) is 31.8. The number of piperidine rings is 1. The summed E-state index contributed by atoms with van der Waals surface area (Å²) in [5.74, 6) is 1.91. The van der Waals surface area contributed by atoms with Crippen LogP contribution in [0.5, 0.6) is 0 Å². The lowest BCUT2D eigenvalue weighted by Gasteiger charge is -2.40.